The van der Waals surface area contributed by atoms with E-state index in [1.54, 1.807) is 12.1 Å². The molecule has 5 heteroatoms. The molecule has 0 aliphatic heterocycles. The zero-order valence-corrected chi connectivity index (χ0v) is 11.5. The summed E-state index contributed by atoms with van der Waals surface area (Å²) < 4.78 is 5.41. The predicted molar refractivity (Wildman–Crippen MR) is 71.9 cm³/mol. The SMILES string of the molecule is CC(C)OCCCCNC(=O)c1ccnc(Cl)c1. The normalized spacial score (nSPS) is 10.7. The summed E-state index contributed by atoms with van der Waals surface area (Å²) in [6, 6.07) is 3.20. The Morgan fingerprint density at radius 2 is 2.28 bits per heavy atom. The number of hydrogen-bond donors (Lipinski definition) is 1. The Balaban J connectivity index is 2.18. The second-order valence-corrected chi connectivity index (χ2v) is 4.64. The van der Waals surface area contributed by atoms with Crippen LogP contribution in [0, 0.1) is 0 Å². The summed E-state index contributed by atoms with van der Waals surface area (Å²) in [4.78, 5) is 15.5. The molecule has 1 aromatic heterocycles. The standard InChI is InChI=1S/C13H19ClN2O2/c1-10(2)18-8-4-3-6-16-13(17)11-5-7-15-12(14)9-11/h5,7,9-10H,3-4,6,8H2,1-2H3,(H,16,17). The van der Waals surface area contributed by atoms with Gasteiger partial charge in [-0.2, -0.15) is 0 Å². The van der Waals surface area contributed by atoms with Crippen LogP contribution in [-0.4, -0.2) is 30.1 Å². The van der Waals surface area contributed by atoms with Crippen LogP contribution in [0.15, 0.2) is 18.3 Å². The van der Waals surface area contributed by atoms with Gasteiger partial charge < -0.3 is 10.1 Å². The Bertz CT molecular complexity index is 383. The minimum atomic E-state index is -0.121. The third-order valence-electron chi connectivity index (χ3n) is 2.30. The van der Waals surface area contributed by atoms with Crippen molar-refractivity contribution in [1.29, 1.82) is 0 Å². The molecule has 0 atom stereocenters. The van der Waals surface area contributed by atoms with E-state index in [1.165, 1.54) is 6.20 Å². The number of ether oxygens (including phenoxy) is 1. The molecule has 18 heavy (non-hydrogen) atoms. The molecular formula is C13H19ClN2O2. The lowest BCUT2D eigenvalue weighted by Gasteiger charge is -2.08. The number of nitrogens with zero attached hydrogens (tertiary/aromatic N) is 1. The van der Waals surface area contributed by atoms with Crippen LogP contribution in [-0.2, 0) is 4.74 Å². The summed E-state index contributed by atoms with van der Waals surface area (Å²) in [5, 5.41) is 3.16. The van der Waals surface area contributed by atoms with Gasteiger partial charge in [-0.25, -0.2) is 4.98 Å². The van der Waals surface area contributed by atoms with Crippen LogP contribution < -0.4 is 5.32 Å². The lowest BCUT2D eigenvalue weighted by atomic mass is 10.2. The number of aromatic nitrogens is 1. The lowest BCUT2D eigenvalue weighted by molar-refractivity contribution is 0.0754. The molecule has 0 fully saturated rings. The molecule has 0 spiro atoms. The van der Waals surface area contributed by atoms with Crippen molar-refractivity contribution in [2.24, 2.45) is 0 Å². The molecule has 0 aliphatic rings. The fourth-order valence-corrected chi connectivity index (χ4v) is 1.57. The second kappa shape index (κ2) is 8.06. The van der Waals surface area contributed by atoms with E-state index in [9.17, 15) is 4.79 Å². The highest BCUT2D eigenvalue weighted by atomic mass is 35.5. The van der Waals surface area contributed by atoms with Crippen LogP contribution in [0.5, 0.6) is 0 Å². The number of carbonyl (C=O) groups is 1. The van der Waals surface area contributed by atoms with Gasteiger partial charge in [0.1, 0.15) is 5.15 Å². The summed E-state index contributed by atoms with van der Waals surface area (Å²) in [6.45, 7) is 5.39. The van der Waals surface area contributed by atoms with Crippen molar-refractivity contribution in [3.63, 3.8) is 0 Å². The van der Waals surface area contributed by atoms with Crippen molar-refractivity contribution in [2.75, 3.05) is 13.2 Å². The van der Waals surface area contributed by atoms with Gasteiger partial charge >= 0.3 is 0 Å². The number of halogens is 1. The van der Waals surface area contributed by atoms with Crippen LogP contribution in [0.4, 0.5) is 0 Å². The minimum absolute atomic E-state index is 0.121. The van der Waals surface area contributed by atoms with Gasteiger partial charge in [0, 0.05) is 24.9 Å². The van der Waals surface area contributed by atoms with Gasteiger partial charge in [0.25, 0.3) is 5.91 Å². The molecule has 0 saturated carbocycles. The van der Waals surface area contributed by atoms with Gasteiger partial charge in [-0.3, -0.25) is 4.79 Å². The first-order valence-electron chi connectivity index (χ1n) is 6.11. The molecule has 0 bridgehead atoms. The maximum Gasteiger partial charge on any atom is 0.251 e. The number of amides is 1. The molecule has 0 aromatic carbocycles. The van der Waals surface area contributed by atoms with Crippen molar-refractivity contribution in [1.82, 2.24) is 10.3 Å². The van der Waals surface area contributed by atoms with Crippen LogP contribution in [0.1, 0.15) is 37.0 Å². The van der Waals surface area contributed by atoms with E-state index in [1.807, 2.05) is 13.8 Å². The van der Waals surface area contributed by atoms with Gasteiger partial charge in [-0.05, 0) is 38.8 Å². The van der Waals surface area contributed by atoms with Crippen LogP contribution >= 0.6 is 11.6 Å². The molecular weight excluding hydrogens is 252 g/mol. The molecule has 0 radical (unpaired) electrons. The lowest BCUT2D eigenvalue weighted by Crippen LogP contribution is -2.24. The van der Waals surface area contributed by atoms with Crippen molar-refractivity contribution in [2.45, 2.75) is 32.8 Å². The average molecular weight is 271 g/mol. The van der Waals surface area contributed by atoms with E-state index in [0.717, 1.165) is 19.4 Å². The summed E-state index contributed by atoms with van der Waals surface area (Å²) >= 11 is 5.71. The molecule has 100 valence electrons. The molecule has 0 saturated heterocycles. The van der Waals surface area contributed by atoms with Crippen LogP contribution in [0.2, 0.25) is 5.15 Å². The number of hydrogen-bond acceptors (Lipinski definition) is 3. The molecule has 1 aromatic rings. The minimum Gasteiger partial charge on any atom is -0.379 e. The first-order valence-corrected chi connectivity index (χ1v) is 6.48. The highest BCUT2D eigenvalue weighted by Crippen LogP contribution is 2.06. The van der Waals surface area contributed by atoms with Gasteiger partial charge in [0.05, 0.1) is 6.10 Å². The largest absolute Gasteiger partial charge is 0.379 e. The van der Waals surface area contributed by atoms with E-state index in [2.05, 4.69) is 10.3 Å². The Morgan fingerprint density at radius 3 is 2.94 bits per heavy atom. The first kappa shape index (κ1) is 14.9. The topological polar surface area (TPSA) is 51.2 Å². The predicted octanol–water partition coefficient (Wildman–Crippen LogP) is 2.67. The highest BCUT2D eigenvalue weighted by molar-refractivity contribution is 6.29. The molecule has 1 heterocycles. The molecule has 0 aliphatic carbocycles. The fraction of sp³-hybridized carbons (Fsp3) is 0.538. The third kappa shape index (κ3) is 5.98. The van der Waals surface area contributed by atoms with E-state index in [-0.39, 0.29) is 12.0 Å². The van der Waals surface area contributed by atoms with Gasteiger partial charge in [-0.1, -0.05) is 11.6 Å². The molecule has 1 rings (SSSR count). The maximum absolute atomic E-state index is 11.7. The maximum atomic E-state index is 11.7. The smallest absolute Gasteiger partial charge is 0.251 e. The Kier molecular flexibility index (Phi) is 6.68. The van der Waals surface area contributed by atoms with Crippen LogP contribution in [0.3, 0.4) is 0 Å². The molecule has 4 nitrogen and oxygen atoms in total. The molecule has 1 N–H and O–H groups in total. The van der Waals surface area contributed by atoms with E-state index < -0.39 is 0 Å². The number of nitrogens with one attached hydrogen (secondary N) is 1. The Hall–Kier alpha value is -1.13. The van der Waals surface area contributed by atoms with E-state index >= 15 is 0 Å². The zero-order valence-electron chi connectivity index (χ0n) is 10.8. The van der Waals surface area contributed by atoms with Crippen LogP contribution in [0.25, 0.3) is 0 Å². The Labute approximate surface area is 113 Å². The van der Waals surface area contributed by atoms with Crippen molar-refractivity contribution < 1.29 is 9.53 Å². The van der Waals surface area contributed by atoms with E-state index in [0.29, 0.717) is 17.3 Å². The number of pyridine rings is 1. The quantitative estimate of drug-likeness (QED) is 0.612. The van der Waals surface area contributed by atoms with Gasteiger partial charge in [-0.15, -0.1) is 0 Å². The van der Waals surface area contributed by atoms with Crippen molar-refractivity contribution >= 4 is 17.5 Å². The summed E-state index contributed by atoms with van der Waals surface area (Å²) in [5.74, 6) is -0.121. The monoisotopic (exact) mass is 270 g/mol. The van der Waals surface area contributed by atoms with Gasteiger partial charge in [0.2, 0.25) is 0 Å². The van der Waals surface area contributed by atoms with Crippen molar-refractivity contribution in [3.05, 3.63) is 29.0 Å². The molecule has 1 amide bonds. The fourth-order valence-electron chi connectivity index (χ4n) is 1.39. The summed E-state index contributed by atoms with van der Waals surface area (Å²) in [5.41, 5.74) is 0.536. The zero-order chi connectivity index (χ0) is 13.4. The second-order valence-electron chi connectivity index (χ2n) is 4.25. The third-order valence-corrected chi connectivity index (χ3v) is 2.50. The highest BCUT2D eigenvalue weighted by Gasteiger charge is 2.05. The van der Waals surface area contributed by atoms with Crippen molar-refractivity contribution in [3.8, 4) is 0 Å². The summed E-state index contributed by atoms with van der Waals surface area (Å²) in [6.07, 6.45) is 3.62. The number of rotatable bonds is 7. The number of carbonyl (C=O) groups excluding carboxylic acids is 1. The van der Waals surface area contributed by atoms with Gasteiger partial charge in [0.15, 0.2) is 0 Å². The summed E-state index contributed by atoms with van der Waals surface area (Å²) in [7, 11) is 0. The number of unbranched alkanes of at least 4 members (excludes halogenated alkanes) is 1. The first-order chi connectivity index (χ1) is 8.59. The average Bonchev–Trinajstić information content (AvgIpc) is 2.33. The molecule has 0 unspecified atom stereocenters. The van der Waals surface area contributed by atoms with E-state index in [4.69, 9.17) is 16.3 Å². The Morgan fingerprint density at radius 1 is 1.50 bits per heavy atom.